The van der Waals surface area contributed by atoms with E-state index in [4.69, 9.17) is 9.47 Å². The quantitative estimate of drug-likeness (QED) is 0.564. The molecule has 3 fully saturated rings. The van der Waals surface area contributed by atoms with Gasteiger partial charge in [-0.1, -0.05) is 0 Å². The Morgan fingerprint density at radius 3 is 2.55 bits per heavy atom. The number of carbonyl (C=O) groups excluding carboxylic acids is 2. The largest absolute Gasteiger partial charge is 0.468 e. The normalized spacial score (nSPS) is 28.2. The molecule has 124 valence electrons. The molecule has 3 aliphatic rings. The van der Waals surface area contributed by atoms with Gasteiger partial charge >= 0.3 is 5.97 Å². The van der Waals surface area contributed by atoms with Crippen molar-refractivity contribution in [3.63, 3.8) is 0 Å². The summed E-state index contributed by atoms with van der Waals surface area (Å²) in [6, 6.07) is 0.224. The zero-order chi connectivity index (χ0) is 15.6. The molecule has 1 unspecified atom stereocenters. The van der Waals surface area contributed by atoms with Crippen LogP contribution in [-0.2, 0) is 19.1 Å². The molecule has 1 amide bonds. The molecule has 1 saturated carbocycles. The van der Waals surface area contributed by atoms with Gasteiger partial charge in [0.15, 0.2) is 0 Å². The molecular weight excluding hydrogens is 284 g/mol. The number of likely N-dealkylation sites (tertiary alicyclic amines) is 1. The summed E-state index contributed by atoms with van der Waals surface area (Å²) in [5.74, 6) is -0.356. The third-order valence-corrected chi connectivity index (χ3v) is 5.20. The van der Waals surface area contributed by atoms with Crippen LogP contribution in [0.15, 0.2) is 0 Å². The molecule has 2 saturated heterocycles. The second kappa shape index (κ2) is 6.54. The van der Waals surface area contributed by atoms with Crippen LogP contribution in [0.3, 0.4) is 0 Å². The molecule has 6 nitrogen and oxygen atoms in total. The Morgan fingerprint density at radius 1 is 1.18 bits per heavy atom. The highest BCUT2D eigenvalue weighted by atomic mass is 16.5. The molecule has 0 spiro atoms. The summed E-state index contributed by atoms with van der Waals surface area (Å²) in [6.07, 6.45) is 4.49. The van der Waals surface area contributed by atoms with Gasteiger partial charge in [0.2, 0.25) is 5.91 Å². The number of nitrogens with zero attached hydrogens (tertiary/aromatic N) is 2. The number of carbonyl (C=O) groups is 2. The summed E-state index contributed by atoms with van der Waals surface area (Å²) in [5.41, 5.74) is -0.866. The van der Waals surface area contributed by atoms with E-state index >= 15 is 0 Å². The maximum absolute atomic E-state index is 12.9. The van der Waals surface area contributed by atoms with Crippen molar-refractivity contribution in [2.75, 3.05) is 46.5 Å². The molecule has 2 aliphatic heterocycles. The fraction of sp³-hybridized carbons (Fsp3) is 0.875. The number of hydrogen-bond acceptors (Lipinski definition) is 5. The van der Waals surface area contributed by atoms with Gasteiger partial charge in [0, 0.05) is 32.2 Å². The second-order valence-electron chi connectivity index (χ2n) is 6.63. The molecule has 22 heavy (non-hydrogen) atoms. The lowest BCUT2D eigenvalue weighted by Gasteiger charge is -2.40. The molecule has 0 N–H and O–H groups in total. The van der Waals surface area contributed by atoms with Crippen LogP contribution in [0.5, 0.6) is 0 Å². The average Bonchev–Trinajstić information content (AvgIpc) is 3.37. The Hall–Kier alpha value is -1.14. The summed E-state index contributed by atoms with van der Waals surface area (Å²) in [7, 11) is 1.37. The number of amides is 1. The first kappa shape index (κ1) is 15.7. The zero-order valence-electron chi connectivity index (χ0n) is 13.4. The molecule has 6 heteroatoms. The van der Waals surface area contributed by atoms with Crippen molar-refractivity contribution >= 4 is 11.9 Å². The lowest BCUT2D eigenvalue weighted by atomic mass is 9.97. The smallest absolute Gasteiger partial charge is 0.321 e. The first-order valence-electron chi connectivity index (χ1n) is 8.37. The van der Waals surface area contributed by atoms with Crippen LogP contribution in [0.25, 0.3) is 0 Å². The molecule has 1 aliphatic carbocycles. The molecule has 0 radical (unpaired) electrons. The number of piperidine rings is 1. The molecule has 0 aromatic heterocycles. The first-order chi connectivity index (χ1) is 10.7. The summed E-state index contributed by atoms with van der Waals surface area (Å²) in [6.45, 7) is 5.07. The summed E-state index contributed by atoms with van der Waals surface area (Å²) < 4.78 is 10.3. The third kappa shape index (κ3) is 2.99. The molecule has 3 rings (SSSR count). The van der Waals surface area contributed by atoms with E-state index in [9.17, 15) is 9.59 Å². The van der Waals surface area contributed by atoms with Crippen molar-refractivity contribution in [2.24, 2.45) is 5.41 Å². The highest BCUT2D eigenvalue weighted by molar-refractivity contribution is 6.05. The zero-order valence-corrected chi connectivity index (χ0v) is 13.4. The lowest BCUT2D eigenvalue weighted by Crippen LogP contribution is -2.54. The summed E-state index contributed by atoms with van der Waals surface area (Å²) in [4.78, 5) is 29.2. The lowest BCUT2D eigenvalue weighted by molar-refractivity contribution is -0.158. The van der Waals surface area contributed by atoms with Gasteiger partial charge in [-0.25, -0.2) is 0 Å². The highest BCUT2D eigenvalue weighted by Crippen LogP contribution is 2.49. The van der Waals surface area contributed by atoms with E-state index in [-0.39, 0.29) is 17.9 Å². The van der Waals surface area contributed by atoms with Crippen LogP contribution in [0.2, 0.25) is 0 Å². The van der Waals surface area contributed by atoms with Crippen molar-refractivity contribution in [1.82, 2.24) is 9.80 Å². The van der Waals surface area contributed by atoms with E-state index in [2.05, 4.69) is 4.90 Å². The van der Waals surface area contributed by atoms with Crippen molar-refractivity contribution in [1.29, 1.82) is 0 Å². The van der Waals surface area contributed by atoms with Gasteiger partial charge in [0.05, 0.1) is 20.3 Å². The SMILES string of the molecule is COC(=O)C1(C(=O)N2CCCCC2CN2CCOCC2)CC1. The minimum absolute atomic E-state index is 0.00249. The number of morpholine rings is 1. The van der Waals surface area contributed by atoms with Crippen LogP contribution in [0.4, 0.5) is 0 Å². The maximum Gasteiger partial charge on any atom is 0.321 e. The number of rotatable bonds is 4. The van der Waals surface area contributed by atoms with E-state index in [0.29, 0.717) is 12.8 Å². The third-order valence-electron chi connectivity index (χ3n) is 5.20. The van der Waals surface area contributed by atoms with Crippen LogP contribution in [0, 0.1) is 5.41 Å². The van der Waals surface area contributed by atoms with E-state index in [1.807, 2.05) is 4.90 Å². The molecule has 0 bridgehead atoms. The Balaban J connectivity index is 1.67. The second-order valence-corrected chi connectivity index (χ2v) is 6.63. The minimum Gasteiger partial charge on any atom is -0.468 e. The Bertz CT molecular complexity index is 430. The van der Waals surface area contributed by atoms with E-state index in [1.54, 1.807) is 0 Å². The van der Waals surface area contributed by atoms with E-state index < -0.39 is 5.41 Å². The van der Waals surface area contributed by atoms with Crippen molar-refractivity contribution in [2.45, 2.75) is 38.1 Å². The Labute approximate surface area is 131 Å². The number of ether oxygens (including phenoxy) is 2. The summed E-state index contributed by atoms with van der Waals surface area (Å²) >= 11 is 0. The van der Waals surface area contributed by atoms with E-state index in [0.717, 1.165) is 58.7 Å². The van der Waals surface area contributed by atoms with Gasteiger partial charge < -0.3 is 14.4 Å². The van der Waals surface area contributed by atoms with Crippen molar-refractivity contribution < 1.29 is 19.1 Å². The standard InChI is InChI=1S/C16H26N2O4/c1-21-15(20)16(5-6-16)14(19)18-7-3-2-4-13(18)12-17-8-10-22-11-9-17/h13H,2-12H2,1H3. The predicted octanol–water partition coefficient (Wildman–Crippen LogP) is 0.653. The predicted molar refractivity (Wildman–Crippen MR) is 80.3 cm³/mol. The number of methoxy groups -OCH3 is 1. The van der Waals surface area contributed by atoms with Crippen molar-refractivity contribution in [3.05, 3.63) is 0 Å². The molecule has 2 heterocycles. The van der Waals surface area contributed by atoms with Crippen LogP contribution >= 0.6 is 0 Å². The molecular formula is C16H26N2O4. The molecule has 0 aromatic rings. The minimum atomic E-state index is -0.866. The average molecular weight is 310 g/mol. The Kier molecular flexibility index (Phi) is 4.68. The molecule has 1 atom stereocenters. The van der Waals surface area contributed by atoms with E-state index in [1.165, 1.54) is 7.11 Å². The van der Waals surface area contributed by atoms with Gasteiger partial charge in [-0.3, -0.25) is 14.5 Å². The van der Waals surface area contributed by atoms with Gasteiger partial charge in [-0.05, 0) is 32.1 Å². The van der Waals surface area contributed by atoms with Gasteiger partial charge in [0.1, 0.15) is 5.41 Å². The van der Waals surface area contributed by atoms with Gasteiger partial charge in [-0.15, -0.1) is 0 Å². The first-order valence-corrected chi connectivity index (χ1v) is 8.37. The maximum atomic E-state index is 12.9. The monoisotopic (exact) mass is 310 g/mol. The molecule has 0 aromatic carbocycles. The van der Waals surface area contributed by atoms with Gasteiger partial charge in [-0.2, -0.15) is 0 Å². The van der Waals surface area contributed by atoms with Crippen LogP contribution in [-0.4, -0.2) is 74.2 Å². The fourth-order valence-corrected chi connectivity index (χ4v) is 3.64. The number of hydrogen-bond donors (Lipinski definition) is 0. The van der Waals surface area contributed by atoms with Crippen LogP contribution < -0.4 is 0 Å². The topological polar surface area (TPSA) is 59.1 Å². The highest BCUT2D eigenvalue weighted by Gasteiger charge is 2.60. The van der Waals surface area contributed by atoms with Crippen molar-refractivity contribution in [3.8, 4) is 0 Å². The van der Waals surface area contributed by atoms with Crippen LogP contribution in [0.1, 0.15) is 32.1 Å². The fourth-order valence-electron chi connectivity index (χ4n) is 3.64. The Morgan fingerprint density at radius 2 is 1.91 bits per heavy atom. The summed E-state index contributed by atoms with van der Waals surface area (Å²) in [5, 5.41) is 0. The number of esters is 1. The van der Waals surface area contributed by atoms with Gasteiger partial charge in [0.25, 0.3) is 0 Å².